The van der Waals surface area contributed by atoms with Gasteiger partial charge in [-0.3, -0.25) is 0 Å². The van der Waals surface area contributed by atoms with Crippen LogP contribution in [0.3, 0.4) is 0 Å². The van der Waals surface area contributed by atoms with Gasteiger partial charge in [-0.15, -0.1) is 13.2 Å². The summed E-state index contributed by atoms with van der Waals surface area (Å²) in [5.74, 6) is 0. The van der Waals surface area contributed by atoms with E-state index in [1.807, 2.05) is 67.6 Å². The zero-order chi connectivity index (χ0) is 15.8. The summed E-state index contributed by atoms with van der Waals surface area (Å²) in [5, 5.41) is 0. The summed E-state index contributed by atoms with van der Waals surface area (Å²) in [5.41, 5.74) is 2.12. The van der Waals surface area contributed by atoms with E-state index in [2.05, 4.69) is 13.2 Å². The number of hydrogen-bond donors (Lipinski definition) is 0. The van der Waals surface area contributed by atoms with E-state index in [9.17, 15) is 0 Å². The summed E-state index contributed by atoms with van der Waals surface area (Å²) in [6.45, 7) is 9.58. The second-order valence-corrected chi connectivity index (χ2v) is 4.97. The van der Waals surface area contributed by atoms with Gasteiger partial charge in [0.05, 0.1) is 0 Å². The van der Waals surface area contributed by atoms with Crippen molar-refractivity contribution >= 4 is 0 Å². The maximum atomic E-state index is 5.95. The van der Waals surface area contributed by atoms with Crippen LogP contribution in [0, 0.1) is 0 Å². The minimum atomic E-state index is -0.383. The summed E-state index contributed by atoms with van der Waals surface area (Å²) in [6.07, 6.45) is 2.78. The third kappa shape index (κ3) is 4.42. The first-order valence-electron chi connectivity index (χ1n) is 7.40. The van der Waals surface area contributed by atoms with Crippen molar-refractivity contribution in [1.29, 1.82) is 0 Å². The molecule has 0 N–H and O–H groups in total. The van der Waals surface area contributed by atoms with Crippen LogP contribution >= 0.6 is 0 Å². The van der Waals surface area contributed by atoms with E-state index in [0.717, 1.165) is 11.1 Å². The summed E-state index contributed by atoms with van der Waals surface area (Å²) in [7, 11) is 0. The van der Waals surface area contributed by atoms with Crippen LogP contribution in [0.25, 0.3) is 0 Å². The van der Waals surface area contributed by atoms with Crippen molar-refractivity contribution in [3.8, 4) is 0 Å². The van der Waals surface area contributed by atoms with Crippen LogP contribution in [0.5, 0.6) is 0 Å². The lowest BCUT2D eigenvalue weighted by molar-refractivity contribution is -0.168. The quantitative estimate of drug-likeness (QED) is 0.491. The highest BCUT2D eigenvalue weighted by Gasteiger charge is 2.16. The predicted molar refractivity (Wildman–Crippen MR) is 90.4 cm³/mol. The van der Waals surface area contributed by atoms with Crippen LogP contribution in [0.4, 0.5) is 0 Å². The van der Waals surface area contributed by atoms with Crippen LogP contribution in [0.2, 0.25) is 0 Å². The highest BCUT2D eigenvalue weighted by atomic mass is 16.7. The van der Waals surface area contributed by atoms with Crippen LogP contribution in [-0.4, -0.2) is 6.29 Å². The average molecular weight is 294 g/mol. The maximum Gasteiger partial charge on any atom is 0.157 e. The van der Waals surface area contributed by atoms with E-state index in [4.69, 9.17) is 9.47 Å². The fraction of sp³-hybridized carbons (Fsp3) is 0.200. The van der Waals surface area contributed by atoms with E-state index < -0.39 is 0 Å². The topological polar surface area (TPSA) is 18.5 Å². The van der Waals surface area contributed by atoms with E-state index in [1.54, 1.807) is 12.2 Å². The zero-order valence-electron chi connectivity index (χ0n) is 12.9. The lowest BCUT2D eigenvalue weighted by Gasteiger charge is -2.24. The Bertz CT molecular complexity index is 524. The largest absolute Gasteiger partial charge is 0.341 e. The van der Waals surface area contributed by atoms with Crippen molar-refractivity contribution in [3.05, 3.63) is 97.1 Å². The third-order valence-corrected chi connectivity index (χ3v) is 3.36. The minimum Gasteiger partial charge on any atom is -0.341 e. The summed E-state index contributed by atoms with van der Waals surface area (Å²) in [6, 6.07) is 20.0. The molecular formula is C20H22O2. The molecule has 2 heteroatoms. The molecule has 0 fully saturated rings. The zero-order valence-corrected chi connectivity index (χ0v) is 12.9. The number of ether oxygens (including phenoxy) is 2. The second kappa shape index (κ2) is 8.32. The molecule has 0 amide bonds. The van der Waals surface area contributed by atoms with Crippen molar-refractivity contribution in [1.82, 2.24) is 0 Å². The molecule has 0 radical (unpaired) electrons. The van der Waals surface area contributed by atoms with Crippen LogP contribution in [0.1, 0.15) is 30.3 Å². The van der Waals surface area contributed by atoms with Gasteiger partial charge in [-0.2, -0.15) is 0 Å². The molecule has 0 saturated heterocycles. The van der Waals surface area contributed by atoms with E-state index >= 15 is 0 Å². The van der Waals surface area contributed by atoms with Crippen molar-refractivity contribution in [2.75, 3.05) is 0 Å². The first-order chi connectivity index (χ1) is 10.7. The van der Waals surface area contributed by atoms with Crippen LogP contribution in [-0.2, 0) is 9.47 Å². The van der Waals surface area contributed by atoms with Gasteiger partial charge in [-0.05, 0) is 18.1 Å². The van der Waals surface area contributed by atoms with E-state index in [0.29, 0.717) is 0 Å². The van der Waals surface area contributed by atoms with Gasteiger partial charge >= 0.3 is 0 Å². The lowest BCUT2D eigenvalue weighted by atomic mass is 10.1. The van der Waals surface area contributed by atoms with Gasteiger partial charge in [0, 0.05) is 0 Å². The van der Waals surface area contributed by atoms with Gasteiger partial charge in [0.15, 0.2) is 6.29 Å². The Balaban J connectivity index is 2.00. The molecule has 114 valence electrons. The van der Waals surface area contributed by atoms with E-state index in [1.165, 1.54) is 0 Å². The normalized spacial score (nSPS) is 14.8. The fourth-order valence-electron chi connectivity index (χ4n) is 2.27. The molecule has 0 aliphatic rings. The molecule has 0 bridgehead atoms. The molecule has 2 atom stereocenters. The highest BCUT2D eigenvalue weighted by Crippen LogP contribution is 2.25. The number of hydrogen-bond acceptors (Lipinski definition) is 2. The average Bonchev–Trinajstić information content (AvgIpc) is 2.59. The Morgan fingerprint density at radius 1 is 0.727 bits per heavy atom. The van der Waals surface area contributed by atoms with Crippen molar-refractivity contribution in [3.63, 3.8) is 0 Å². The first kappa shape index (κ1) is 16.2. The molecule has 2 nitrogen and oxygen atoms in total. The Morgan fingerprint density at radius 3 is 1.41 bits per heavy atom. The molecule has 0 saturated carbocycles. The molecule has 2 aromatic rings. The van der Waals surface area contributed by atoms with Crippen LogP contribution in [0.15, 0.2) is 86.0 Å². The molecule has 22 heavy (non-hydrogen) atoms. The SMILES string of the molecule is C=CC(OC(C)OC(C=C)c1ccccc1)c1ccccc1. The Labute approximate surface area is 132 Å². The number of rotatable bonds is 8. The summed E-state index contributed by atoms with van der Waals surface area (Å²) < 4.78 is 11.9. The molecule has 0 spiro atoms. The molecule has 0 aliphatic heterocycles. The van der Waals surface area contributed by atoms with Crippen molar-refractivity contribution in [2.24, 2.45) is 0 Å². The second-order valence-electron chi connectivity index (χ2n) is 4.97. The van der Waals surface area contributed by atoms with Gasteiger partial charge < -0.3 is 9.47 Å². The highest BCUT2D eigenvalue weighted by molar-refractivity contribution is 5.21. The Hall–Kier alpha value is -2.16. The molecule has 0 heterocycles. The predicted octanol–water partition coefficient (Wildman–Crippen LogP) is 5.22. The maximum absolute atomic E-state index is 5.95. The van der Waals surface area contributed by atoms with Gasteiger partial charge in [0.1, 0.15) is 12.2 Å². The first-order valence-corrected chi connectivity index (χ1v) is 7.40. The third-order valence-electron chi connectivity index (χ3n) is 3.36. The molecule has 2 rings (SSSR count). The fourth-order valence-corrected chi connectivity index (χ4v) is 2.27. The van der Waals surface area contributed by atoms with Gasteiger partial charge in [-0.1, -0.05) is 72.8 Å². The molecule has 2 unspecified atom stereocenters. The number of benzene rings is 2. The Kier molecular flexibility index (Phi) is 6.13. The monoisotopic (exact) mass is 294 g/mol. The van der Waals surface area contributed by atoms with Gasteiger partial charge in [-0.25, -0.2) is 0 Å². The smallest absolute Gasteiger partial charge is 0.157 e. The van der Waals surface area contributed by atoms with E-state index in [-0.39, 0.29) is 18.5 Å². The molecule has 0 aromatic heterocycles. The summed E-state index contributed by atoms with van der Waals surface area (Å²) >= 11 is 0. The van der Waals surface area contributed by atoms with Crippen molar-refractivity contribution in [2.45, 2.75) is 25.4 Å². The molecule has 2 aromatic carbocycles. The van der Waals surface area contributed by atoms with Crippen molar-refractivity contribution < 1.29 is 9.47 Å². The minimum absolute atomic E-state index is 0.197. The standard InChI is InChI=1S/C20H22O2/c1-4-19(17-12-8-6-9-13-17)21-16(3)22-20(5-2)18-14-10-7-11-15-18/h4-16,19-20H,1-2H2,3H3. The lowest BCUT2D eigenvalue weighted by Crippen LogP contribution is -2.18. The van der Waals surface area contributed by atoms with Crippen LogP contribution < -0.4 is 0 Å². The molecule has 0 aliphatic carbocycles. The van der Waals surface area contributed by atoms with Gasteiger partial charge in [0.25, 0.3) is 0 Å². The summed E-state index contributed by atoms with van der Waals surface area (Å²) in [4.78, 5) is 0. The Morgan fingerprint density at radius 2 is 1.09 bits per heavy atom. The van der Waals surface area contributed by atoms with Gasteiger partial charge in [0.2, 0.25) is 0 Å². The molecular weight excluding hydrogens is 272 g/mol.